The van der Waals surface area contributed by atoms with Crippen LogP contribution in [0.25, 0.3) is 0 Å². The first kappa shape index (κ1) is 17.8. The molecule has 1 saturated heterocycles. The number of aliphatic hydroxyl groups excluding tert-OH is 1. The molecule has 1 fully saturated rings. The lowest BCUT2D eigenvalue weighted by molar-refractivity contribution is -0.118. The van der Waals surface area contributed by atoms with Crippen molar-refractivity contribution in [3.8, 4) is 6.07 Å². The first-order valence-electron chi connectivity index (χ1n) is 6.52. The SMILES string of the molecule is Cl.N#Cc1cccc([C@@H](N2CCNCC2)C(F)(F)CO)c1. The van der Waals surface area contributed by atoms with Crippen LogP contribution in [0.3, 0.4) is 0 Å². The molecule has 2 rings (SSSR count). The maximum Gasteiger partial charge on any atom is 0.289 e. The molecule has 1 aromatic carbocycles. The molecule has 7 heteroatoms. The maximum atomic E-state index is 14.1. The number of aliphatic hydroxyl groups is 1. The molecular weight excluding hydrogens is 300 g/mol. The van der Waals surface area contributed by atoms with E-state index in [0.29, 0.717) is 37.3 Å². The van der Waals surface area contributed by atoms with Gasteiger partial charge in [0.25, 0.3) is 5.92 Å². The van der Waals surface area contributed by atoms with Gasteiger partial charge in [0.05, 0.1) is 11.6 Å². The lowest BCUT2D eigenvalue weighted by Gasteiger charge is -2.38. The first-order chi connectivity index (χ1) is 9.58. The van der Waals surface area contributed by atoms with Gasteiger partial charge in [-0.2, -0.15) is 5.26 Å². The van der Waals surface area contributed by atoms with Gasteiger partial charge in [-0.05, 0) is 17.7 Å². The van der Waals surface area contributed by atoms with Gasteiger partial charge >= 0.3 is 0 Å². The minimum atomic E-state index is -3.24. The van der Waals surface area contributed by atoms with Gasteiger partial charge in [0.1, 0.15) is 12.6 Å². The average Bonchev–Trinajstić information content (AvgIpc) is 2.48. The van der Waals surface area contributed by atoms with Crippen LogP contribution in [0.2, 0.25) is 0 Å². The van der Waals surface area contributed by atoms with Crippen LogP contribution in [-0.4, -0.2) is 48.7 Å². The average molecular weight is 318 g/mol. The number of nitrogens with one attached hydrogen (secondary N) is 1. The molecule has 1 aliphatic rings. The molecule has 116 valence electrons. The number of nitrogens with zero attached hydrogens (tertiary/aromatic N) is 2. The molecule has 1 aliphatic heterocycles. The number of hydrogen-bond acceptors (Lipinski definition) is 4. The van der Waals surface area contributed by atoms with Crippen LogP contribution in [0.4, 0.5) is 8.78 Å². The second-order valence-electron chi connectivity index (χ2n) is 4.84. The van der Waals surface area contributed by atoms with Crippen molar-refractivity contribution in [1.82, 2.24) is 10.2 Å². The molecule has 1 aromatic rings. The van der Waals surface area contributed by atoms with E-state index >= 15 is 0 Å². The van der Waals surface area contributed by atoms with E-state index in [1.165, 1.54) is 6.07 Å². The van der Waals surface area contributed by atoms with E-state index in [4.69, 9.17) is 10.4 Å². The number of hydrogen-bond donors (Lipinski definition) is 2. The van der Waals surface area contributed by atoms with Crippen molar-refractivity contribution in [3.63, 3.8) is 0 Å². The fourth-order valence-corrected chi connectivity index (χ4v) is 2.53. The van der Waals surface area contributed by atoms with E-state index in [0.717, 1.165) is 0 Å². The van der Waals surface area contributed by atoms with Crippen LogP contribution < -0.4 is 5.32 Å². The Labute approximate surface area is 128 Å². The van der Waals surface area contributed by atoms with Gasteiger partial charge in [-0.3, -0.25) is 4.90 Å². The molecular formula is C14H18ClF2N3O. The molecule has 0 aromatic heterocycles. The van der Waals surface area contributed by atoms with Crippen LogP contribution >= 0.6 is 12.4 Å². The maximum absolute atomic E-state index is 14.1. The highest BCUT2D eigenvalue weighted by Crippen LogP contribution is 2.36. The Bertz CT molecular complexity index is 501. The van der Waals surface area contributed by atoms with E-state index in [1.807, 2.05) is 6.07 Å². The Morgan fingerprint density at radius 2 is 2.05 bits per heavy atom. The largest absolute Gasteiger partial charge is 0.390 e. The van der Waals surface area contributed by atoms with Crippen LogP contribution in [-0.2, 0) is 0 Å². The third kappa shape index (κ3) is 4.11. The fourth-order valence-electron chi connectivity index (χ4n) is 2.53. The summed E-state index contributed by atoms with van der Waals surface area (Å²) in [5.41, 5.74) is 0.710. The molecule has 1 heterocycles. The molecule has 0 amide bonds. The van der Waals surface area contributed by atoms with E-state index in [2.05, 4.69) is 5.32 Å². The van der Waals surface area contributed by atoms with Gasteiger partial charge in [0, 0.05) is 26.2 Å². The van der Waals surface area contributed by atoms with Gasteiger partial charge < -0.3 is 10.4 Å². The number of piperazine rings is 1. The quantitative estimate of drug-likeness (QED) is 0.884. The van der Waals surface area contributed by atoms with Gasteiger partial charge in [0.15, 0.2) is 0 Å². The molecule has 0 aliphatic carbocycles. The van der Waals surface area contributed by atoms with E-state index < -0.39 is 18.6 Å². The summed E-state index contributed by atoms with van der Waals surface area (Å²) in [5.74, 6) is -3.24. The lowest BCUT2D eigenvalue weighted by Crippen LogP contribution is -2.51. The standard InChI is InChI=1S/C14H17F2N3O.ClH/c15-14(16,10-20)13(19-6-4-18-5-7-19)12-3-1-2-11(8-12)9-17;/h1-3,8,13,18,20H,4-7,10H2;1H/t13-;/m1./s1. The summed E-state index contributed by atoms with van der Waals surface area (Å²) in [7, 11) is 0. The summed E-state index contributed by atoms with van der Waals surface area (Å²) < 4.78 is 28.3. The predicted molar refractivity (Wildman–Crippen MR) is 77.6 cm³/mol. The summed E-state index contributed by atoms with van der Waals surface area (Å²) >= 11 is 0. The summed E-state index contributed by atoms with van der Waals surface area (Å²) in [6.45, 7) is 1.03. The molecule has 4 nitrogen and oxygen atoms in total. The van der Waals surface area contributed by atoms with Crippen molar-refractivity contribution in [3.05, 3.63) is 35.4 Å². The van der Waals surface area contributed by atoms with Crippen molar-refractivity contribution in [2.24, 2.45) is 0 Å². The molecule has 2 N–H and O–H groups in total. The first-order valence-corrected chi connectivity index (χ1v) is 6.52. The third-order valence-corrected chi connectivity index (χ3v) is 3.46. The third-order valence-electron chi connectivity index (χ3n) is 3.46. The predicted octanol–water partition coefficient (Wildman–Crippen LogP) is 1.55. The number of nitriles is 1. The minimum Gasteiger partial charge on any atom is -0.390 e. The molecule has 21 heavy (non-hydrogen) atoms. The van der Waals surface area contributed by atoms with E-state index in [-0.39, 0.29) is 12.4 Å². The highest BCUT2D eigenvalue weighted by molar-refractivity contribution is 5.85. The monoisotopic (exact) mass is 317 g/mol. The topological polar surface area (TPSA) is 59.3 Å². The van der Waals surface area contributed by atoms with Crippen molar-refractivity contribution in [2.45, 2.75) is 12.0 Å². The molecule has 0 bridgehead atoms. The summed E-state index contributed by atoms with van der Waals surface area (Å²) in [5, 5.41) is 21.0. The lowest BCUT2D eigenvalue weighted by atomic mass is 9.97. The summed E-state index contributed by atoms with van der Waals surface area (Å²) in [6, 6.07) is 6.97. The summed E-state index contributed by atoms with van der Waals surface area (Å²) in [6.07, 6.45) is 0. The molecule has 0 radical (unpaired) electrons. The highest BCUT2D eigenvalue weighted by atomic mass is 35.5. The Balaban J connectivity index is 0.00000220. The number of rotatable bonds is 4. The van der Waals surface area contributed by atoms with Crippen molar-refractivity contribution in [2.75, 3.05) is 32.8 Å². The minimum absolute atomic E-state index is 0. The fraction of sp³-hybridized carbons (Fsp3) is 0.500. The normalized spacial score (nSPS) is 17.6. The van der Waals surface area contributed by atoms with Gasteiger partial charge in [-0.1, -0.05) is 12.1 Å². The second-order valence-corrected chi connectivity index (χ2v) is 4.84. The van der Waals surface area contributed by atoms with Crippen LogP contribution in [0.5, 0.6) is 0 Å². The van der Waals surface area contributed by atoms with Crippen LogP contribution in [0, 0.1) is 11.3 Å². The van der Waals surface area contributed by atoms with Crippen molar-refractivity contribution < 1.29 is 13.9 Å². The molecule has 1 atom stereocenters. The number of halogens is 3. The molecule has 0 unspecified atom stereocenters. The highest BCUT2D eigenvalue weighted by Gasteiger charge is 2.44. The van der Waals surface area contributed by atoms with E-state index in [1.54, 1.807) is 23.1 Å². The smallest absolute Gasteiger partial charge is 0.289 e. The Morgan fingerprint density at radius 1 is 1.38 bits per heavy atom. The summed E-state index contributed by atoms with van der Waals surface area (Å²) in [4.78, 5) is 1.66. The number of alkyl halides is 2. The van der Waals surface area contributed by atoms with E-state index in [9.17, 15) is 8.78 Å². The second kappa shape index (κ2) is 7.66. The zero-order valence-electron chi connectivity index (χ0n) is 11.4. The Morgan fingerprint density at radius 3 is 2.62 bits per heavy atom. The Kier molecular flexibility index (Phi) is 6.49. The van der Waals surface area contributed by atoms with Crippen LogP contribution in [0.15, 0.2) is 24.3 Å². The van der Waals surface area contributed by atoms with Crippen LogP contribution in [0.1, 0.15) is 17.2 Å². The zero-order chi connectivity index (χ0) is 14.6. The van der Waals surface area contributed by atoms with Gasteiger partial charge in [0.2, 0.25) is 0 Å². The molecule has 0 saturated carbocycles. The Hall–Kier alpha value is -1.26. The molecule has 0 spiro atoms. The van der Waals surface area contributed by atoms with Crippen molar-refractivity contribution in [1.29, 1.82) is 5.26 Å². The number of benzene rings is 1. The van der Waals surface area contributed by atoms with Crippen molar-refractivity contribution >= 4 is 12.4 Å². The zero-order valence-corrected chi connectivity index (χ0v) is 12.2. The van der Waals surface area contributed by atoms with Gasteiger partial charge in [-0.15, -0.1) is 12.4 Å². The van der Waals surface area contributed by atoms with Gasteiger partial charge in [-0.25, -0.2) is 8.78 Å².